The molecule has 2 aromatic carbocycles. The van der Waals surface area contributed by atoms with E-state index in [1.807, 2.05) is 24.3 Å². The summed E-state index contributed by atoms with van der Waals surface area (Å²) >= 11 is 3.33. The van der Waals surface area contributed by atoms with Crippen molar-refractivity contribution in [3.8, 4) is 0 Å². The zero-order valence-corrected chi connectivity index (χ0v) is 16.0. The minimum Gasteiger partial charge on any atom is -0.452 e. The third-order valence-corrected chi connectivity index (χ3v) is 3.94. The van der Waals surface area contributed by atoms with Gasteiger partial charge < -0.3 is 15.4 Å². The van der Waals surface area contributed by atoms with Crippen LogP contribution < -0.4 is 10.6 Å². The topological polar surface area (TPSA) is 84.5 Å². The zero-order valence-electron chi connectivity index (χ0n) is 14.4. The van der Waals surface area contributed by atoms with Gasteiger partial charge in [-0.2, -0.15) is 0 Å². The van der Waals surface area contributed by atoms with Gasteiger partial charge in [0.05, 0.1) is 6.42 Å². The molecule has 2 amide bonds. The first-order valence-corrected chi connectivity index (χ1v) is 8.75. The lowest BCUT2D eigenvalue weighted by atomic mass is 10.1. The van der Waals surface area contributed by atoms with Crippen LogP contribution in [0.4, 0.5) is 11.4 Å². The summed E-state index contributed by atoms with van der Waals surface area (Å²) in [5, 5.41) is 5.30. The molecule has 0 spiro atoms. The van der Waals surface area contributed by atoms with E-state index in [9.17, 15) is 14.4 Å². The van der Waals surface area contributed by atoms with Crippen LogP contribution in [0.25, 0.3) is 0 Å². The molecule has 0 aliphatic carbocycles. The molecule has 0 bridgehead atoms. The monoisotopic (exact) mass is 418 g/mol. The van der Waals surface area contributed by atoms with Gasteiger partial charge in [-0.25, -0.2) is 0 Å². The molecule has 0 unspecified atom stereocenters. The Morgan fingerprint density at radius 1 is 0.962 bits per heavy atom. The molecule has 2 N–H and O–H groups in total. The zero-order chi connectivity index (χ0) is 19.1. The summed E-state index contributed by atoms with van der Waals surface area (Å²) in [7, 11) is 0. The number of nitrogens with one attached hydrogen (secondary N) is 2. The fourth-order valence-electron chi connectivity index (χ4n) is 2.15. The van der Waals surface area contributed by atoms with Crippen LogP contribution in [0, 0.1) is 0 Å². The van der Waals surface area contributed by atoms with E-state index >= 15 is 0 Å². The molecule has 1 atom stereocenters. The van der Waals surface area contributed by atoms with Crippen LogP contribution in [0.5, 0.6) is 0 Å². The number of hydrogen-bond acceptors (Lipinski definition) is 4. The number of carbonyl (C=O) groups is 3. The lowest BCUT2D eigenvalue weighted by molar-refractivity contribution is -0.152. The first-order chi connectivity index (χ1) is 12.3. The standard InChI is InChI=1S/C19H19BrN2O4/c1-12(26-18(24)11-14-3-5-15(20)6-4-14)19(25)22-17-9-7-16(8-10-17)21-13(2)23/h3-10,12H,11H2,1-2H3,(H,21,23)(H,22,25)/t12-/m0/s1. The van der Waals surface area contributed by atoms with Crippen LogP contribution in [-0.4, -0.2) is 23.9 Å². The molecular formula is C19H19BrN2O4. The Morgan fingerprint density at radius 2 is 1.50 bits per heavy atom. The second kappa shape index (κ2) is 9.15. The Labute approximate surface area is 160 Å². The summed E-state index contributed by atoms with van der Waals surface area (Å²) in [6.45, 7) is 2.93. The Kier molecular flexibility index (Phi) is 6.91. The molecule has 136 valence electrons. The van der Waals surface area contributed by atoms with Gasteiger partial charge in [0.15, 0.2) is 6.10 Å². The maximum Gasteiger partial charge on any atom is 0.311 e. The Balaban J connectivity index is 1.85. The second-order valence-electron chi connectivity index (χ2n) is 5.68. The summed E-state index contributed by atoms with van der Waals surface area (Å²) in [6, 6.07) is 13.9. The largest absolute Gasteiger partial charge is 0.452 e. The number of amides is 2. The number of ether oxygens (including phenoxy) is 1. The quantitative estimate of drug-likeness (QED) is 0.702. The number of benzene rings is 2. The van der Waals surface area contributed by atoms with E-state index in [2.05, 4.69) is 26.6 Å². The molecule has 2 aromatic rings. The molecule has 0 aliphatic rings. The second-order valence-corrected chi connectivity index (χ2v) is 6.60. The van der Waals surface area contributed by atoms with Gasteiger partial charge >= 0.3 is 5.97 Å². The van der Waals surface area contributed by atoms with Crippen molar-refractivity contribution in [1.29, 1.82) is 0 Å². The Hall–Kier alpha value is -2.67. The van der Waals surface area contributed by atoms with Gasteiger partial charge in [0.2, 0.25) is 5.91 Å². The van der Waals surface area contributed by atoms with E-state index in [0.29, 0.717) is 11.4 Å². The third-order valence-electron chi connectivity index (χ3n) is 3.41. The van der Waals surface area contributed by atoms with Crippen LogP contribution in [0.3, 0.4) is 0 Å². The Morgan fingerprint density at radius 3 is 2.04 bits per heavy atom. The first kappa shape index (κ1) is 19.7. The van der Waals surface area contributed by atoms with Gasteiger partial charge in [0.25, 0.3) is 5.91 Å². The highest BCUT2D eigenvalue weighted by Crippen LogP contribution is 2.15. The fourth-order valence-corrected chi connectivity index (χ4v) is 2.41. The molecule has 0 fully saturated rings. The lowest BCUT2D eigenvalue weighted by Crippen LogP contribution is -2.30. The van der Waals surface area contributed by atoms with Gasteiger partial charge in [-0.05, 0) is 48.9 Å². The molecule has 6 nitrogen and oxygen atoms in total. The fraction of sp³-hybridized carbons (Fsp3) is 0.211. The van der Waals surface area contributed by atoms with E-state index in [4.69, 9.17) is 4.74 Å². The molecular weight excluding hydrogens is 400 g/mol. The minimum absolute atomic E-state index is 0.0936. The van der Waals surface area contributed by atoms with Crippen LogP contribution in [0.2, 0.25) is 0 Å². The van der Waals surface area contributed by atoms with E-state index in [0.717, 1.165) is 10.0 Å². The maximum absolute atomic E-state index is 12.1. The summed E-state index contributed by atoms with van der Waals surface area (Å²) in [5.74, 6) is -1.08. The number of halogens is 1. The number of carbonyl (C=O) groups excluding carboxylic acids is 3. The van der Waals surface area contributed by atoms with Crippen molar-refractivity contribution < 1.29 is 19.1 Å². The van der Waals surface area contributed by atoms with Gasteiger partial charge in [-0.15, -0.1) is 0 Å². The average molecular weight is 419 g/mol. The molecule has 0 heterocycles. The SMILES string of the molecule is CC(=O)Nc1ccc(NC(=O)[C@H](C)OC(=O)Cc2ccc(Br)cc2)cc1. The molecule has 0 saturated carbocycles. The first-order valence-electron chi connectivity index (χ1n) is 7.96. The highest BCUT2D eigenvalue weighted by molar-refractivity contribution is 9.10. The average Bonchev–Trinajstić information content (AvgIpc) is 2.58. The summed E-state index contributed by atoms with van der Waals surface area (Å²) in [4.78, 5) is 35.1. The third kappa shape index (κ3) is 6.33. The molecule has 7 heteroatoms. The predicted octanol–water partition coefficient (Wildman–Crippen LogP) is 3.52. The molecule has 0 saturated heterocycles. The number of rotatable bonds is 6. The van der Waals surface area contributed by atoms with Crippen LogP contribution in [0.15, 0.2) is 53.0 Å². The van der Waals surface area contributed by atoms with E-state index in [-0.39, 0.29) is 12.3 Å². The Bertz CT molecular complexity index is 788. The minimum atomic E-state index is -0.923. The van der Waals surface area contributed by atoms with Gasteiger partial charge in [0, 0.05) is 22.8 Å². The van der Waals surface area contributed by atoms with Gasteiger partial charge in [0.1, 0.15) is 0 Å². The van der Waals surface area contributed by atoms with Gasteiger partial charge in [-0.3, -0.25) is 14.4 Å². The molecule has 0 radical (unpaired) electrons. The van der Waals surface area contributed by atoms with Crippen molar-refractivity contribution in [3.05, 3.63) is 58.6 Å². The van der Waals surface area contributed by atoms with Crippen molar-refractivity contribution in [2.45, 2.75) is 26.4 Å². The van der Waals surface area contributed by atoms with Crippen molar-refractivity contribution in [3.63, 3.8) is 0 Å². The number of hydrogen-bond donors (Lipinski definition) is 2. The summed E-state index contributed by atoms with van der Waals surface area (Å²) in [6.07, 6.45) is -0.830. The molecule has 0 aliphatic heterocycles. The van der Waals surface area contributed by atoms with Crippen LogP contribution in [-0.2, 0) is 25.5 Å². The van der Waals surface area contributed by atoms with Crippen molar-refractivity contribution in [2.24, 2.45) is 0 Å². The smallest absolute Gasteiger partial charge is 0.311 e. The van der Waals surface area contributed by atoms with E-state index in [1.54, 1.807) is 24.3 Å². The molecule has 0 aromatic heterocycles. The van der Waals surface area contributed by atoms with Crippen LogP contribution >= 0.6 is 15.9 Å². The number of anilines is 2. The highest BCUT2D eigenvalue weighted by Gasteiger charge is 2.18. The van der Waals surface area contributed by atoms with Gasteiger partial charge in [-0.1, -0.05) is 28.1 Å². The van der Waals surface area contributed by atoms with Crippen molar-refractivity contribution >= 4 is 45.1 Å². The normalized spacial score (nSPS) is 11.3. The maximum atomic E-state index is 12.1. The highest BCUT2D eigenvalue weighted by atomic mass is 79.9. The van der Waals surface area contributed by atoms with Crippen molar-refractivity contribution in [2.75, 3.05) is 10.6 Å². The summed E-state index contributed by atoms with van der Waals surface area (Å²) < 4.78 is 6.10. The summed E-state index contributed by atoms with van der Waals surface area (Å²) in [5.41, 5.74) is 1.98. The number of esters is 1. The molecule has 26 heavy (non-hydrogen) atoms. The van der Waals surface area contributed by atoms with Crippen LogP contribution in [0.1, 0.15) is 19.4 Å². The van der Waals surface area contributed by atoms with Crippen molar-refractivity contribution in [1.82, 2.24) is 0 Å². The van der Waals surface area contributed by atoms with E-state index in [1.165, 1.54) is 13.8 Å². The van der Waals surface area contributed by atoms with E-state index < -0.39 is 18.0 Å². The lowest BCUT2D eigenvalue weighted by Gasteiger charge is -2.14. The predicted molar refractivity (Wildman–Crippen MR) is 103 cm³/mol. The molecule has 2 rings (SSSR count).